The summed E-state index contributed by atoms with van der Waals surface area (Å²) in [5, 5.41) is 1.99. The summed E-state index contributed by atoms with van der Waals surface area (Å²) in [7, 11) is 1.67. The van der Waals surface area contributed by atoms with Crippen molar-refractivity contribution in [3.63, 3.8) is 0 Å². The molecular formula is C25H21Cl3N2O. The van der Waals surface area contributed by atoms with E-state index in [-0.39, 0.29) is 12.0 Å². The van der Waals surface area contributed by atoms with Crippen LogP contribution in [0.2, 0.25) is 15.1 Å². The molecular weight excluding hydrogens is 451 g/mol. The molecule has 6 heteroatoms. The Morgan fingerprint density at radius 3 is 2.16 bits per heavy atom. The first-order chi connectivity index (χ1) is 15.0. The highest BCUT2D eigenvalue weighted by atomic mass is 35.5. The molecule has 0 fully saturated rings. The van der Waals surface area contributed by atoms with Crippen LogP contribution in [0.5, 0.6) is 5.75 Å². The molecule has 0 spiro atoms. The van der Waals surface area contributed by atoms with Gasteiger partial charge in [0.25, 0.3) is 0 Å². The van der Waals surface area contributed by atoms with Crippen LogP contribution < -0.4 is 4.74 Å². The van der Waals surface area contributed by atoms with Crippen molar-refractivity contribution in [3.05, 3.63) is 117 Å². The Kier molecular flexibility index (Phi) is 6.86. The van der Waals surface area contributed by atoms with Gasteiger partial charge in [0.15, 0.2) is 0 Å². The summed E-state index contributed by atoms with van der Waals surface area (Å²) in [6.45, 7) is 0. The molecule has 3 nitrogen and oxygen atoms in total. The fraction of sp³-hybridized carbons (Fsp3) is 0.160. The summed E-state index contributed by atoms with van der Waals surface area (Å²) in [6.07, 6.45) is 6.35. The number of benzene rings is 3. The van der Waals surface area contributed by atoms with Crippen LogP contribution in [0.25, 0.3) is 0 Å². The Morgan fingerprint density at radius 2 is 1.55 bits per heavy atom. The van der Waals surface area contributed by atoms with Gasteiger partial charge in [-0.25, -0.2) is 4.98 Å². The molecule has 0 aliphatic carbocycles. The molecule has 0 aliphatic heterocycles. The van der Waals surface area contributed by atoms with Gasteiger partial charge in [-0.1, -0.05) is 65.1 Å². The van der Waals surface area contributed by atoms with E-state index in [9.17, 15) is 0 Å². The minimum absolute atomic E-state index is 0.0127. The van der Waals surface area contributed by atoms with Crippen molar-refractivity contribution in [2.45, 2.75) is 18.4 Å². The van der Waals surface area contributed by atoms with E-state index in [1.165, 1.54) is 0 Å². The Hall–Kier alpha value is -2.46. The maximum Gasteiger partial charge on any atom is 0.118 e. The van der Waals surface area contributed by atoms with Crippen LogP contribution in [0, 0.1) is 0 Å². The second-order valence-corrected chi connectivity index (χ2v) is 8.61. The normalized spacial score (nSPS) is 13.0. The summed E-state index contributed by atoms with van der Waals surface area (Å²) < 4.78 is 7.49. The minimum Gasteiger partial charge on any atom is -0.497 e. The lowest BCUT2D eigenvalue weighted by molar-refractivity contribution is 0.413. The number of imidazole rings is 1. The molecule has 1 aromatic heterocycles. The van der Waals surface area contributed by atoms with E-state index < -0.39 is 0 Å². The lowest BCUT2D eigenvalue weighted by Crippen LogP contribution is -2.20. The maximum absolute atomic E-state index is 6.56. The van der Waals surface area contributed by atoms with E-state index in [2.05, 4.69) is 33.8 Å². The van der Waals surface area contributed by atoms with Crippen molar-refractivity contribution < 1.29 is 4.74 Å². The Balaban J connectivity index is 1.83. The quantitative estimate of drug-likeness (QED) is 0.279. The van der Waals surface area contributed by atoms with Crippen molar-refractivity contribution in [2.24, 2.45) is 0 Å². The second-order valence-electron chi connectivity index (χ2n) is 7.33. The number of nitrogens with zero attached hydrogens (tertiary/aromatic N) is 2. The first-order valence-electron chi connectivity index (χ1n) is 9.86. The zero-order chi connectivity index (χ0) is 21.8. The fourth-order valence-electron chi connectivity index (χ4n) is 3.89. The average molecular weight is 472 g/mol. The van der Waals surface area contributed by atoms with Gasteiger partial charge in [0.2, 0.25) is 0 Å². The average Bonchev–Trinajstić information content (AvgIpc) is 3.30. The standard InChI is InChI=1S/C25H21Cl3N2O/c1-31-22-10-5-18(6-11-22)25(30-13-12-29-16-30)23(17-2-7-20(26)8-3-17)14-19-4-9-21(27)15-24(19)28/h2-13,15-16,23,25H,14H2,1H3. The predicted octanol–water partition coefficient (Wildman–Crippen LogP) is 7.47. The largest absolute Gasteiger partial charge is 0.497 e. The van der Waals surface area contributed by atoms with Gasteiger partial charge < -0.3 is 9.30 Å². The van der Waals surface area contributed by atoms with Gasteiger partial charge in [-0.15, -0.1) is 0 Å². The molecule has 0 saturated carbocycles. The van der Waals surface area contributed by atoms with Crippen molar-refractivity contribution in [2.75, 3.05) is 7.11 Å². The summed E-state index contributed by atoms with van der Waals surface area (Å²) in [5.41, 5.74) is 3.33. The number of halogens is 3. The van der Waals surface area contributed by atoms with Crippen LogP contribution in [0.4, 0.5) is 0 Å². The van der Waals surface area contributed by atoms with Gasteiger partial charge in [0.05, 0.1) is 19.5 Å². The summed E-state index contributed by atoms with van der Waals surface area (Å²) in [4.78, 5) is 4.30. The summed E-state index contributed by atoms with van der Waals surface area (Å²) in [5.74, 6) is 0.885. The molecule has 4 rings (SSSR count). The van der Waals surface area contributed by atoms with Crippen LogP contribution in [-0.2, 0) is 6.42 Å². The van der Waals surface area contributed by atoms with Gasteiger partial charge >= 0.3 is 0 Å². The van der Waals surface area contributed by atoms with Crippen LogP contribution >= 0.6 is 34.8 Å². The summed E-state index contributed by atoms with van der Waals surface area (Å²) >= 11 is 18.9. The molecule has 158 valence electrons. The van der Waals surface area contributed by atoms with Crippen molar-refractivity contribution in [1.29, 1.82) is 0 Å². The van der Waals surface area contributed by atoms with Crippen LogP contribution in [0.3, 0.4) is 0 Å². The summed E-state index contributed by atoms with van der Waals surface area (Å²) in [6, 6.07) is 21.8. The number of ether oxygens (including phenoxy) is 1. The fourth-order valence-corrected chi connectivity index (χ4v) is 4.50. The molecule has 0 N–H and O–H groups in total. The third-order valence-electron chi connectivity index (χ3n) is 5.44. The number of aromatic nitrogens is 2. The number of hydrogen-bond donors (Lipinski definition) is 0. The molecule has 0 saturated heterocycles. The molecule has 0 radical (unpaired) electrons. The third-order valence-corrected chi connectivity index (χ3v) is 6.28. The van der Waals surface area contributed by atoms with E-state index in [1.807, 2.05) is 48.9 Å². The maximum atomic E-state index is 6.56. The van der Waals surface area contributed by atoms with Gasteiger partial charge in [-0.3, -0.25) is 0 Å². The van der Waals surface area contributed by atoms with E-state index in [0.717, 1.165) is 22.4 Å². The molecule has 0 aliphatic rings. The van der Waals surface area contributed by atoms with E-state index in [0.29, 0.717) is 21.5 Å². The highest BCUT2D eigenvalue weighted by Crippen LogP contribution is 2.39. The topological polar surface area (TPSA) is 27.1 Å². The molecule has 0 amide bonds. The molecule has 4 aromatic rings. The van der Waals surface area contributed by atoms with E-state index in [1.54, 1.807) is 19.4 Å². The monoisotopic (exact) mass is 470 g/mol. The lowest BCUT2D eigenvalue weighted by Gasteiger charge is -2.30. The first kappa shape index (κ1) is 21.8. The van der Waals surface area contributed by atoms with Crippen molar-refractivity contribution in [3.8, 4) is 5.75 Å². The zero-order valence-electron chi connectivity index (χ0n) is 16.9. The number of rotatable bonds is 7. The molecule has 3 aromatic carbocycles. The Morgan fingerprint density at radius 1 is 0.871 bits per heavy atom. The lowest BCUT2D eigenvalue weighted by atomic mass is 9.82. The second kappa shape index (κ2) is 9.78. The zero-order valence-corrected chi connectivity index (χ0v) is 19.1. The molecule has 1 heterocycles. The minimum atomic E-state index is -0.0127. The number of hydrogen-bond acceptors (Lipinski definition) is 2. The number of methoxy groups -OCH3 is 1. The van der Waals surface area contributed by atoms with E-state index >= 15 is 0 Å². The Labute approximate surface area is 197 Å². The van der Waals surface area contributed by atoms with Gasteiger partial charge in [0.1, 0.15) is 5.75 Å². The van der Waals surface area contributed by atoms with Crippen molar-refractivity contribution >= 4 is 34.8 Å². The highest BCUT2D eigenvalue weighted by Gasteiger charge is 2.27. The van der Waals surface area contributed by atoms with Crippen LogP contribution in [-0.4, -0.2) is 16.7 Å². The third kappa shape index (κ3) is 5.07. The first-order valence-corrected chi connectivity index (χ1v) is 11.0. The molecule has 2 atom stereocenters. The predicted molar refractivity (Wildman–Crippen MR) is 128 cm³/mol. The smallest absolute Gasteiger partial charge is 0.118 e. The van der Waals surface area contributed by atoms with Crippen LogP contribution in [0.15, 0.2) is 85.5 Å². The van der Waals surface area contributed by atoms with E-state index in [4.69, 9.17) is 39.5 Å². The Bertz CT molecular complexity index is 1130. The van der Waals surface area contributed by atoms with Gasteiger partial charge in [0, 0.05) is 33.4 Å². The highest BCUT2D eigenvalue weighted by molar-refractivity contribution is 6.35. The SMILES string of the molecule is COc1ccc(C(C(Cc2ccc(Cl)cc2Cl)c2ccc(Cl)cc2)n2ccnc2)cc1. The van der Waals surface area contributed by atoms with Gasteiger partial charge in [-0.2, -0.15) is 0 Å². The molecule has 31 heavy (non-hydrogen) atoms. The van der Waals surface area contributed by atoms with Crippen LogP contribution in [0.1, 0.15) is 28.7 Å². The molecule has 0 bridgehead atoms. The molecule has 2 unspecified atom stereocenters. The van der Waals surface area contributed by atoms with Crippen molar-refractivity contribution in [1.82, 2.24) is 9.55 Å². The van der Waals surface area contributed by atoms with Gasteiger partial charge in [-0.05, 0) is 59.5 Å².